The zero-order valence-corrected chi connectivity index (χ0v) is 15.5. The van der Waals surface area contributed by atoms with Gasteiger partial charge in [-0.15, -0.1) is 0 Å². The fourth-order valence-corrected chi connectivity index (χ4v) is 4.65. The minimum absolute atomic E-state index is 0.239. The summed E-state index contributed by atoms with van der Waals surface area (Å²) >= 11 is 0. The van der Waals surface area contributed by atoms with Crippen molar-refractivity contribution in [3.8, 4) is 5.75 Å². The Morgan fingerprint density at radius 3 is 2.73 bits per heavy atom. The van der Waals surface area contributed by atoms with Crippen molar-refractivity contribution in [1.29, 1.82) is 0 Å². The predicted octanol–water partition coefficient (Wildman–Crippen LogP) is 2.53. The maximum atomic E-state index is 6.63. The van der Waals surface area contributed by atoms with Crippen LogP contribution in [0.25, 0.3) is 0 Å². The molecular formula is C21H26N3O2+. The van der Waals surface area contributed by atoms with Crippen LogP contribution in [0.4, 0.5) is 0 Å². The van der Waals surface area contributed by atoms with Crippen LogP contribution in [0, 0.1) is 6.92 Å². The lowest BCUT2D eigenvalue weighted by Gasteiger charge is -2.50. The number of ether oxygens (including phenoxy) is 1. The molecule has 3 aliphatic heterocycles. The minimum Gasteiger partial charge on any atom is -0.466 e. The second-order valence-corrected chi connectivity index (χ2v) is 7.71. The first kappa shape index (κ1) is 15.9. The van der Waals surface area contributed by atoms with Crippen LogP contribution in [0.1, 0.15) is 49.3 Å². The van der Waals surface area contributed by atoms with Gasteiger partial charge in [0.25, 0.3) is 0 Å². The average molecular weight is 352 g/mol. The van der Waals surface area contributed by atoms with Gasteiger partial charge in [-0.2, -0.15) is 5.10 Å². The molecule has 0 amide bonds. The SMILES string of the molecule is CC[NH+]1CCC2(CC1)Oc1ccccc1[C@@H]1CC(c3ccc(C)o3)=NN12. The standard InChI is InChI=1S/C21H25N3O2/c1-3-23-12-10-21(11-13-23)24-18(16-6-4-5-7-19(16)26-21)14-17(22-24)20-9-8-15(2)25-20/h4-9,18H,3,10-14H2,1-2H3/p+1/t18-/m0/s1. The van der Waals surface area contributed by atoms with E-state index in [4.69, 9.17) is 14.3 Å². The third kappa shape index (κ3) is 2.37. The number of likely N-dealkylation sites (tertiary alicyclic amines) is 1. The van der Waals surface area contributed by atoms with Gasteiger partial charge in [0, 0.05) is 12.0 Å². The number of hydrogen-bond acceptors (Lipinski definition) is 4. The van der Waals surface area contributed by atoms with E-state index in [9.17, 15) is 0 Å². The molecule has 1 atom stereocenters. The van der Waals surface area contributed by atoms with Crippen molar-refractivity contribution in [2.45, 2.75) is 44.9 Å². The second-order valence-electron chi connectivity index (χ2n) is 7.71. The molecule has 1 spiro atoms. The van der Waals surface area contributed by atoms with E-state index in [0.29, 0.717) is 0 Å². The molecule has 26 heavy (non-hydrogen) atoms. The molecule has 0 aliphatic carbocycles. The highest BCUT2D eigenvalue weighted by atomic mass is 16.5. The summed E-state index contributed by atoms with van der Waals surface area (Å²) in [5.41, 5.74) is 1.96. The molecule has 1 saturated heterocycles. The maximum Gasteiger partial charge on any atom is 0.208 e. The molecule has 1 N–H and O–H groups in total. The van der Waals surface area contributed by atoms with Crippen molar-refractivity contribution in [2.24, 2.45) is 5.10 Å². The van der Waals surface area contributed by atoms with E-state index >= 15 is 0 Å². The Kier molecular flexibility index (Phi) is 3.60. The minimum atomic E-state index is -0.318. The monoisotopic (exact) mass is 352 g/mol. The zero-order valence-electron chi connectivity index (χ0n) is 15.5. The van der Waals surface area contributed by atoms with E-state index in [1.54, 1.807) is 4.90 Å². The molecule has 1 aromatic heterocycles. The lowest BCUT2D eigenvalue weighted by molar-refractivity contribution is -0.906. The van der Waals surface area contributed by atoms with Gasteiger partial charge in [0.2, 0.25) is 5.72 Å². The fraction of sp³-hybridized carbons (Fsp3) is 0.476. The van der Waals surface area contributed by atoms with E-state index in [1.165, 1.54) is 12.1 Å². The van der Waals surface area contributed by atoms with Gasteiger partial charge in [-0.1, -0.05) is 18.2 Å². The van der Waals surface area contributed by atoms with Gasteiger partial charge in [-0.25, -0.2) is 5.01 Å². The molecule has 0 bridgehead atoms. The summed E-state index contributed by atoms with van der Waals surface area (Å²) in [7, 11) is 0. The van der Waals surface area contributed by atoms with Gasteiger partial charge in [-0.3, -0.25) is 0 Å². The normalized spacial score (nSPS) is 29.9. The van der Waals surface area contributed by atoms with Crippen LogP contribution in [0.5, 0.6) is 5.75 Å². The van der Waals surface area contributed by atoms with Gasteiger partial charge < -0.3 is 14.1 Å². The van der Waals surface area contributed by atoms with Crippen LogP contribution in [0.15, 0.2) is 45.9 Å². The molecule has 0 radical (unpaired) electrons. The summed E-state index contributed by atoms with van der Waals surface area (Å²) in [6, 6.07) is 12.7. The quantitative estimate of drug-likeness (QED) is 0.903. The largest absolute Gasteiger partial charge is 0.466 e. The Bertz CT molecular complexity index is 848. The Balaban J connectivity index is 1.55. The number of furan rings is 1. The highest BCUT2D eigenvalue weighted by Gasteiger charge is 2.53. The number of fused-ring (bicyclic) bond motifs is 4. The number of benzene rings is 1. The number of nitrogens with zero attached hydrogens (tertiary/aromatic N) is 2. The van der Waals surface area contributed by atoms with Crippen LogP contribution >= 0.6 is 0 Å². The van der Waals surface area contributed by atoms with Gasteiger partial charge in [-0.05, 0) is 32.0 Å². The van der Waals surface area contributed by atoms with E-state index in [2.05, 4.69) is 36.2 Å². The third-order valence-electron chi connectivity index (χ3n) is 6.17. The van der Waals surface area contributed by atoms with Crippen LogP contribution in [0.2, 0.25) is 0 Å². The Morgan fingerprint density at radius 2 is 2.00 bits per heavy atom. The van der Waals surface area contributed by atoms with Crippen molar-refractivity contribution in [3.63, 3.8) is 0 Å². The summed E-state index contributed by atoms with van der Waals surface area (Å²) in [5.74, 6) is 2.85. The first-order valence-electron chi connectivity index (χ1n) is 9.74. The van der Waals surface area contributed by atoms with Crippen LogP contribution in [-0.4, -0.2) is 36.1 Å². The smallest absolute Gasteiger partial charge is 0.208 e. The molecular weight excluding hydrogens is 326 g/mol. The van der Waals surface area contributed by atoms with Gasteiger partial charge in [0.15, 0.2) is 0 Å². The Labute approximate surface area is 154 Å². The number of hydrazone groups is 1. The summed E-state index contributed by atoms with van der Waals surface area (Å²) < 4.78 is 12.5. The lowest BCUT2D eigenvalue weighted by Crippen LogP contribution is -3.13. The fourth-order valence-electron chi connectivity index (χ4n) is 4.65. The van der Waals surface area contributed by atoms with Crippen molar-refractivity contribution < 1.29 is 14.1 Å². The molecule has 0 saturated carbocycles. The molecule has 5 rings (SSSR count). The molecule has 2 aromatic rings. The van der Waals surface area contributed by atoms with Crippen molar-refractivity contribution in [3.05, 3.63) is 53.5 Å². The van der Waals surface area contributed by atoms with E-state index < -0.39 is 0 Å². The van der Waals surface area contributed by atoms with Gasteiger partial charge in [0.1, 0.15) is 23.0 Å². The Morgan fingerprint density at radius 1 is 1.19 bits per heavy atom. The second kappa shape index (κ2) is 5.88. The summed E-state index contributed by atoms with van der Waals surface area (Å²) in [5, 5.41) is 7.30. The van der Waals surface area contributed by atoms with Crippen molar-refractivity contribution in [1.82, 2.24) is 5.01 Å². The van der Waals surface area contributed by atoms with Crippen molar-refractivity contribution >= 4 is 5.71 Å². The molecule has 0 unspecified atom stereocenters. The predicted molar refractivity (Wildman–Crippen MR) is 99.5 cm³/mol. The number of para-hydroxylation sites is 1. The summed E-state index contributed by atoms with van der Waals surface area (Å²) in [6.07, 6.45) is 2.89. The number of aryl methyl sites for hydroxylation is 1. The first-order valence-corrected chi connectivity index (χ1v) is 9.74. The molecule has 4 heterocycles. The van der Waals surface area contributed by atoms with Gasteiger partial charge in [0.05, 0.1) is 38.5 Å². The lowest BCUT2D eigenvalue weighted by atomic mass is 9.91. The number of piperidine rings is 1. The Hall–Kier alpha value is -2.27. The first-order chi connectivity index (χ1) is 12.7. The summed E-state index contributed by atoms with van der Waals surface area (Å²) in [4.78, 5) is 1.65. The number of hydrogen-bond donors (Lipinski definition) is 1. The molecule has 3 aliphatic rings. The highest BCUT2D eigenvalue weighted by molar-refractivity contribution is 5.99. The molecule has 136 valence electrons. The van der Waals surface area contributed by atoms with Gasteiger partial charge >= 0.3 is 0 Å². The topological polar surface area (TPSA) is 42.4 Å². The van der Waals surface area contributed by atoms with Crippen LogP contribution < -0.4 is 9.64 Å². The number of quaternary nitrogens is 1. The van der Waals surface area contributed by atoms with Crippen LogP contribution in [-0.2, 0) is 0 Å². The molecule has 5 heteroatoms. The van der Waals surface area contributed by atoms with E-state index in [-0.39, 0.29) is 11.8 Å². The maximum absolute atomic E-state index is 6.63. The third-order valence-corrected chi connectivity index (χ3v) is 6.17. The van der Waals surface area contributed by atoms with E-state index in [0.717, 1.165) is 55.3 Å². The zero-order chi connectivity index (χ0) is 17.7. The number of nitrogens with one attached hydrogen (secondary N) is 1. The molecule has 1 aromatic carbocycles. The summed E-state index contributed by atoms with van der Waals surface area (Å²) in [6.45, 7) is 7.68. The molecule has 1 fully saturated rings. The van der Waals surface area contributed by atoms with Crippen molar-refractivity contribution in [2.75, 3.05) is 19.6 Å². The van der Waals surface area contributed by atoms with E-state index in [1.807, 2.05) is 19.1 Å². The van der Waals surface area contributed by atoms with Crippen LogP contribution in [0.3, 0.4) is 0 Å². The highest BCUT2D eigenvalue weighted by Crippen LogP contribution is 2.49. The number of rotatable bonds is 2. The average Bonchev–Trinajstić information content (AvgIpc) is 3.30. The molecule has 5 nitrogen and oxygen atoms in total.